The summed E-state index contributed by atoms with van der Waals surface area (Å²) in [6.45, 7) is 11.5. The van der Waals surface area contributed by atoms with Crippen LogP contribution >= 0.6 is 0 Å². The Labute approximate surface area is 97.4 Å². The lowest BCUT2D eigenvalue weighted by atomic mass is 10.1. The summed E-state index contributed by atoms with van der Waals surface area (Å²) in [6.07, 6.45) is 0. The van der Waals surface area contributed by atoms with E-state index in [1.165, 1.54) is 11.3 Å². The molecule has 16 heavy (non-hydrogen) atoms. The van der Waals surface area contributed by atoms with E-state index in [-0.39, 0.29) is 0 Å². The molecule has 1 aromatic heterocycles. The van der Waals surface area contributed by atoms with Crippen LogP contribution in [0.15, 0.2) is 0 Å². The number of hydrogen-bond donors (Lipinski definition) is 1. The van der Waals surface area contributed by atoms with Gasteiger partial charge in [0.05, 0.1) is 11.7 Å². The molecule has 1 aliphatic rings. The highest BCUT2D eigenvalue weighted by Crippen LogP contribution is 2.26. The van der Waals surface area contributed by atoms with Gasteiger partial charge < -0.3 is 5.73 Å². The topological polar surface area (TPSA) is 47.1 Å². The maximum absolute atomic E-state index is 5.74. The summed E-state index contributed by atoms with van der Waals surface area (Å²) in [5.41, 5.74) is 9.28. The van der Waals surface area contributed by atoms with Crippen LogP contribution in [0, 0.1) is 13.8 Å². The molecule has 0 amide bonds. The van der Waals surface area contributed by atoms with E-state index in [1.54, 1.807) is 0 Å². The smallest absolute Gasteiger partial charge is 0.0776 e. The Bertz CT molecular complexity index is 375. The van der Waals surface area contributed by atoms with Crippen molar-refractivity contribution < 1.29 is 0 Å². The molecule has 90 valence electrons. The standard InChI is InChI=1S/C12H22N4/c1-8(2)15-6-11(7-15)16-10(4)12(5-13)9(3)14-16/h8,11H,5-7,13H2,1-4H3. The summed E-state index contributed by atoms with van der Waals surface area (Å²) < 4.78 is 2.16. The molecule has 0 spiro atoms. The van der Waals surface area contributed by atoms with E-state index in [0.29, 0.717) is 18.6 Å². The molecule has 0 aliphatic carbocycles. The molecule has 1 aliphatic heterocycles. The molecule has 1 aromatic rings. The zero-order valence-electron chi connectivity index (χ0n) is 10.7. The first-order valence-electron chi connectivity index (χ1n) is 6.03. The second kappa shape index (κ2) is 4.18. The number of rotatable bonds is 3. The summed E-state index contributed by atoms with van der Waals surface area (Å²) >= 11 is 0. The van der Waals surface area contributed by atoms with Crippen LogP contribution in [-0.2, 0) is 6.54 Å². The molecular formula is C12H22N4. The first-order valence-corrected chi connectivity index (χ1v) is 6.03. The number of aryl methyl sites for hydroxylation is 1. The van der Waals surface area contributed by atoms with Gasteiger partial charge in [-0.1, -0.05) is 0 Å². The molecule has 0 radical (unpaired) electrons. The lowest BCUT2D eigenvalue weighted by Crippen LogP contribution is -2.51. The van der Waals surface area contributed by atoms with Gasteiger partial charge in [0.15, 0.2) is 0 Å². The van der Waals surface area contributed by atoms with Crippen LogP contribution in [0.25, 0.3) is 0 Å². The van der Waals surface area contributed by atoms with Crippen LogP contribution in [0.2, 0.25) is 0 Å². The maximum atomic E-state index is 5.74. The van der Waals surface area contributed by atoms with E-state index in [0.717, 1.165) is 18.8 Å². The quantitative estimate of drug-likeness (QED) is 0.836. The maximum Gasteiger partial charge on any atom is 0.0776 e. The molecule has 4 heteroatoms. The zero-order chi connectivity index (χ0) is 11.9. The third-order valence-electron chi connectivity index (χ3n) is 3.65. The van der Waals surface area contributed by atoms with Gasteiger partial charge in [-0.3, -0.25) is 9.58 Å². The first kappa shape index (κ1) is 11.6. The van der Waals surface area contributed by atoms with Gasteiger partial charge in [-0.2, -0.15) is 5.10 Å². The van der Waals surface area contributed by atoms with Crippen molar-refractivity contribution in [3.63, 3.8) is 0 Å². The Morgan fingerprint density at radius 1 is 1.38 bits per heavy atom. The second-order valence-electron chi connectivity index (χ2n) is 5.00. The van der Waals surface area contributed by atoms with Crippen LogP contribution in [0.3, 0.4) is 0 Å². The van der Waals surface area contributed by atoms with Crippen molar-refractivity contribution in [2.24, 2.45) is 5.73 Å². The lowest BCUT2D eigenvalue weighted by Gasteiger charge is -2.42. The number of likely N-dealkylation sites (tertiary alicyclic amines) is 1. The molecule has 2 rings (SSSR count). The summed E-state index contributed by atoms with van der Waals surface area (Å²) in [5.74, 6) is 0. The molecule has 0 aromatic carbocycles. The van der Waals surface area contributed by atoms with Crippen molar-refractivity contribution in [3.8, 4) is 0 Å². The molecule has 1 saturated heterocycles. The van der Waals surface area contributed by atoms with Gasteiger partial charge in [0.25, 0.3) is 0 Å². The summed E-state index contributed by atoms with van der Waals surface area (Å²) in [7, 11) is 0. The minimum atomic E-state index is 0.543. The lowest BCUT2D eigenvalue weighted by molar-refractivity contribution is 0.0661. The molecule has 0 unspecified atom stereocenters. The highest BCUT2D eigenvalue weighted by atomic mass is 15.4. The average molecular weight is 222 g/mol. The van der Waals surface area contributed by atoms with E-state index in [9.17, 15) is 0 Å². The number of nitrogens with zero attached hydrogens (tertiary/aromatic N) is 3. The van der Waals surface area contributed by atoms with Crippen LogP contribution in [0.5, 0.6) is 0 Å². The third kappa shape index (κ3) is 1.76. The number of hydrogen-bond acceptors (Lipinski definition) is 3. The van der Waals surface area contributed by atoms with Gasteiger partial charge in [-0.25, -0.2) is 0 Å². The van der Waals surface area contributed by atoms with Crippen molar-refractivity contribution in [1.82, 2.24) is 14.7 Å². The van der Waals surface area contributed by atoms with Crippen LogP contribution in [-0.4, -0.2) is 33.8 Å². The van der Waals surface area contributed by atoms with Gasteiger partial charge in [-0.15, -0.1) is 0 Å². The Balaban J connectivity index is 2.12. The predicted octanol–water partition coefficient (Wildman–Crippen LogP) is 1.22. The Morgan fingerprint density at radius 3 is 2.44 bits per heavy atom. The minimum absolute atomic E-state index is 0.543. The highest BCUT2D eigenvalue weighted by Gasteiger charge is 2.31. The van der Waals surface area contributed by atoms with E-state index in [1.807, 2.05) is 6.92 Å². The van der Waals surface area contributed by atoms with Crippen molar-refractivity contribution in [3.05, 3.63) is 17.0 Å². The van der Waals surface area contributed by atoms with Crippen LogP contribution < -0.4 is 5.73 Å². The van der Waals surface area contributed by atoms with E-state index < -0.39 is 0 Å². The monoisotopic (exact) mass is 222 g/mol. The van der Waals surface area contributed by atoms with E-state index >= 15 is 0 Å². The molecule has 0 bridgehead atoms. The number of nitrogens with two attached hydrogens (primary N) is 1. The largest absolute Gasteiger partial charge is 0.326 e. The van der Waals surface area contributed by atoms with Gasteiger partial charge >= 0.3 is 0 Å². The summed E-state index contributed by atoms with van der Waals surface area (Å²) in [5, 5.41) is 4.61. The van der Waals surface area contributed by atoms with Crippen molar-refractivity contribution in [1.29, 1.82) is 0 Å². The Hall–Kier alpha value is -0.870. The fraction of sp³-hybridized carbons (Fsp3) is 0.750. The second-order valence-corrected chi connectivity index (χ2v) is 5.00. The molecule has 2 heterocycles. The molecule has 2 N–H and O–H groups in total. The molecule has 4 nitrogen and oxygen atoms in total. The van der Waals surface area contributed by atoms with Crippen molar-refractivity contribution in [2.45, 2.75) is 46.3 Å². The van der Waals surface area contributed by atoms with Gasteiger partial charge in [0, 0.05) is 36.9 Å². The summed E-state index contributed by atoms with van der Waals surface area (Å²) in [4.78, 5) is 2.46. The number of aromatic nitrogens is 2. The van der Waals surface area contributed by atoms with Crippen LogP contribution in [0.1, 0.15) is 36.8 Å². The SMILES string of the molecule is Cc1nn(C2CN(C(C)C)C2)c(C)c1CN. The molecule has 1 fully saturated rings. The van der Waals surface area contributed by atoms with Crippen molar-refractivity contribution in [2.75, 3.05) is 13.1 Å². The zero-order valence-corrected chi connectivity index (χ0v) is 10.7. The molecular weight excluding hydrogens is 200 g/mol. The Kier molecular flexibility index (Phi) is 3.04. The fourth-order valence-corrected chi connectivity index (χ4v) is 2.41. The van der Waals surface area contributed by atoms with Crippen LogP contribution in [0.4, 0.5) is 0 Å². The highest BCUT2D eigenvalue weighted by molar-refractivity contribution is 5.25. The molecule has 0 saturated carbocycles. The minimum Gasteiger partial charge on any atom is -0.326 e. The van der Waals surface area contributed by atoms with Gasteiger partial charge in [0.2, 0.25) is 0 Å². The first-order chi connectivity index (χ1) is 7.54. The van der Waals surface area contributed by atoms with E-state index in [2.05, 4.69) is 35.5 Å². The Morgan fingerprint density at radius 2 is 2.00 bits per heavy atom. The van der Waals surface area contributed by atoms with E-state index in [4.69, 9.17) is 5.73 Å². The predicted molar refractivity (Wildman–Crippen MR) is 65.3 cm³/mol. The average Bonchev–Trinajstić information content (AvgIpc) is 2.39. The van der Waals surface area contributed by atoms with Crippen molar-refractivity contribution >= 4 is 0 Å². The molecule has 0 atom stereocenters. The third-order valence-corrected chi connectivity index (χ3v) is 3.65. The fourth-order valence-electron chi connectivity index (χ4n) is 2.41. The van der Waals surface area contributed by atoms with Gasteiger partial charge in [-0.05, 0) is 27.7 Å². The normalized spacial score (nSPS) is 18.1. The summed E-state index contributed by atoms with van der Waals surface area (Å²) in [6, 6.07) is 1.18. The van der Waals surface area contributed by atoms with Gasteiger partial charge in [0.1, 0.15) is 0 Å².